The summed E-state index contributed by atoms with van der Waals surface area (Å²) in [4.78, 5) is 0. The Hall–Kier alpha value is -1.73. The molecule has 0 aromatic heterocycles. The summed E-state index contributed by atoms with van der Waals surface area (Å²) in [5, 5.41) is 0. The van der Waals surface area contributed by atoms with Crippen LogP contribution in [0.25, 0.3) is 0 Å². The molecule has 0 atom stereocenters. The fourth-order valence-electron chi connectivity index (χ4n) is 1.36. The van der Waals surface area contributed by atoms with E-state index in [-0.39, 0.29) is 33.3 Å². The molecule has 0 unspecified atom stereocenters. The van der Waals surface area contributed by atoms with Crippen LogP contribution in [-0.4, -0.2) is 0 Å². The minimum atomic E-state index is 0. The van der Waals surface area contributed by atoms with E-state index in [1.54, 1.807) is 0 Å². The van der Waals surface area contributed by atoms with Crippen LogP contribution >= 0.6 is 0 Å². The maximum Gasteiger partial charge on any atom is 0 e. The van der Waals surface area contributed by atoms with Crippen molar-refractivity contribution in [2.75, 3.05) is 0 Å². The molecule has 0 fully saturated rings. The van der Waals surface area contributed by atoms with Crippen LogP contribution in [-0.2, 0) is 25.8 Å². The molecule has 0 saturated carbocycles. The fourth-order valence-corrected chi connectivity index (χ4v) is 1.36. The van der Waals surface area contributed by atoms with E-state index in [0.717, 1.165) is 12.8 Å². The molecule has 2 aliphatic carbocycles. The molecule has 0 amide bonds. The van der Waals surface area contributed by atoms with Gasteiger partial charge in [0.05, 0.1) is 0 Å². The first-order valence-corrected chi connectivity index (χ1v) is 7.26. The zero-order chi connectivity index (χ0) is 15.6. The van der Waals surface area contributed by atoms with E-state index < -0.39 is 0 Å². The van der Waals surface area contributed by atoms with Crippen LogP contribution in [0.5, 0.6) is 0 Å². The van der Waals surface area contributed by atoms with Crippen LogP contribution in [0, 0.1) is 31.7 Å². The second-order valence-corrected chi connectivity index (χ2v) is 4.16. The number of hydrogen-bond acceptors (Lipinski definition) is 0. The minimum Gasteiger partial charge on any atom is -0.358 e. The maximum atomic E-state index is 2.99. The predicted octanol–water partition coefficient (Wildman–Crippen LogP) is 6.03. The summed E-state index contributed by atoms with van der Waals surface area (Å²) < 4.78 is 0. The molecule has 0 bridgehead atoms. The van der Waals surface area contributed by atoms with Gasteiger partial charge >= 0.3 is 0 Å². The summed E-state index contributed by atoms with van der Waals surface area (Å²) >= 11 is 0. The van der Waals surface area contributed by atoms with E-state index in [1.165, 1.54) is 0 Å². The Balaban J connectivity index is 0. The van der Waals surface area contributed by atoms with Crippen LogP contribution in [0.15, 0.2) is 97.1 Å². The Labute approximate surface area is 167 Å². The van der Waals surface area contributed by atoms with Crippen molar-refractivity contribution in [3.8, 4) is 0 Å². The number of benzene rings is 2. The van der Waals surface area contributed by atoms with Crippen molar-refractivity contribution in [2.45, 2.75) is 12.8 Å². The molecule has 124 valence electrons. The average Bonchev–Trinajstić information content (AvgIpc) is 3.37. The van der Waals surface area contributed by atoms with Crippen molar-refractivity contribution in [1.82, 2.24) is 0 Å². The SMILES string of the molecule is [C-]1=CC=CC1.[C-]1=CC=CC1.[CH3-].[Hf].[c-]1ccccc1.[c-]1ccccc1. The van der Waals surface area contributed by atoms with Crippen molar-refractivity contribution in [1.29, 1.82) is 0 Å². The van der Waals surface area contributed by atoms with Crippen molar-refractivity contribution >= 4 is 0 Å². The van der Waals surface area contributed by atoms with E-state index in [2.05, 4.69) is 36.4 Å². The summed E-state index contributed by atoms with van der Waals surface area (Å²) in [7, 11) is 0. The normalized spacial score (nSPS) is 11.3. The zero-order valence-corrected chi connectivity index (χ0v) is 17.7. The third-order valence-electron chi connectivity index (χ3n) is 2.39. The van der Waals surface area contributed by atoms with Crippen molar-refractivity contribution in [3.05, 3.63) is 129 Å². The molecule has 0 nitrogen and oxygen atoms in total. The molecule has 0 saturated heterocycles. The van der Waals surface area contributed by atoms with Crippen molar-refractivity contribution in [2.24, 2.45) is 0 Å². The molecule has 0 N–H and O–H groups in total. The first-order valence-electron chi connectivity index (χ1n) is 7.26. The van der Waals surface area contributed by atoms with Gasteiger partial charge in [-0.05, 0) is 0 Å². The Morgan fingerprint density at radius 3 is 1.00 bits per heavy atom. The van der Waals surface area contributed by atoms with E-state index >= 15 is 0 Å². The van der Waals surface area contributed by atoms with Gasteiger partial charge in [0, 0.05) is 25.8 Å². The van der Waals surface area contributed by atoms with E-state index in [9.17, 15) is 0 Å². The van der Waals surface area contributed by atoms with Gasteiger partial charge < -0.3 is 7.43 Å². The van der Waals surface area contributed by atoms with E-state index in [0.29, 0.717) is 0 Å². The van der Waals surface area contributed by atoms with Gasteiger partial charge in [0.25, 0.3) is 0 Å². The number of rotatable bonds is 0. The molecular weight excluding hydrogens is 455 g/mol. The van der Waals surface area contributed by atoms with Crippen LogP contribution in [0.4, 0.5) is 0 Å². The van der Waals surface area contributed by atoms with Crippen LogP contribution in [0.3, 0.4) is 0 Å². The Kier molecular flexibility index (Phi) is 21.7. The third-order valence-corrected chi connectivity index (χ3v) is 2.39. The molecule has 1 heteroatoms. The van der Waals surface area contributed by atoms with E-state index in [1.807, 2.05) is 85.0 Å². The Bertz CT molecular complexity index is 424. The van der Waals surface area contributed by atoms with Gasteiger partial charge in [-0.15, -0.1) is 12.8 Å². The number of hydrogen-bond donors (Lipinski definition) is 0. The molecule has 0 heterocycles. The Morgan fingerprint density at radius 1 is 0.542 bits per heavy atom. The topological polar surface area (TPSA) is 0 Å². The second kappa shape index (κ2) is 21.3. The van der Waals surface area contributed by atoms with Crippen molar-refractivity contribution in [3.63, 3.8) is 0 Å². The molecule has 2 aromatic carbocycles. The fraction of sp³-hybridized carbons (Fsp3) is 0.0870. The first-order chi connectivity index (χ1) is 11.0. The third kappa shape index (κ3) is 18.3. The summed E-state index contributed by atoms with van der Waals surface area (Å²) in [5.41, 5.74) is 0. The molecule has 0 aliphatic heterocycles. The smallest absolute Gasteiger partial charge is 0 e. The van der Waals surface area contributed by atoms with Gasteiger partial charge in [-0.2, -0.15) is 84.9 Å². The predicted molar refractivity (Wildman–Crippen MR) is 100 cm³/mol. The molecule has 0 radical (unpaired) electrons. The van der Waals surface area contributed by atoms with Crippen LogP contribution < -0.4 is 0 Å². The quantitative estimate of drug-likeness (QED) is 0.321. The van der Waals surface area contributed by atoms with Gasteiger partial charge in [-0.3, -0.25) is 12.2 Å². The van der Waals surface area contributed by atoms with Crippen molar-refractivity contribution < 1.29 is 25.8 Å². The molecular formula is C23H23Hf-5. The van der Waals surface area contributed by atoms with E-state index in [4.69, 9.17) is 0 Å². The summed E-state index contributed by atoms with van der Waals surface area (Å²) in [6.07, 6.45) is 20.0. The molecule has 2 aromatic rings. The maximum absolute atomic E-state index is 2.99. The molecule has 24 heavy (non-hydrogen) atoms. The van der Waals surface area contributed by atoms with Gasteiger partial charge in [0.2, 0.25) is 0 Å². The van der Waals surface area contributed by atoms with Crippen LogP contribution in [0.1, 0.15) is 12.8 Å². The first kappa shape index (κ1) is 24.5. The average molecular weight is 478 g/mol. The second-order valence-electron chi connectivity index (χ2n) is 4.16. The largest absolute Gasteiger partial charge is 0.358 e. The van der Waals surface area contributed by atoms with Gasteiger partial charge in [-0.25, -0.2) is 24.3 Å². The summed E-state index contributed by atoms with van der Waals surface area (Å²) in [6, 6.07) is 25.0. The van der Waals surface area contributed by atoms with Gasteiger partial charge in [0.1, 0.15) is 0 Å². The molecule has 0 spiro atoms. The summed E-state index contributed by atoms with van der Waals surface area (Å²) in [5.74, 6) is 0. The molecule has 4 rings (SSSR count). The number of allylic oxidation sites excluding steroid dienone is 8. The monoisotopic (exact) mass is 479 g/mol. The summed E-state index contributed by atoms with van der Waals surface area (Å²) in [6.45, 7) is 0. The Morgan fingerprint density at radius 2 is 0.917 bits per heavy atom. The van der Waals surface area contributed by atoms with Gasteiger partial charge in [-0.1, -0.05) is 0 Å². The standard InChI is InChI=1S/2C6H5.2C5H5.CH3.Hf/c2*1-2-4-6-5-3-1;2*1-2-4-5-3-1;;/h2*1-5H;2*1-3H,4H2;1H3;/q5*-1;. The molecule has 2 aliphatic rings. The van der Waals surface area contributed by atoms with Gasteiger partial charge in [0.15, 0.2) is 0 Å². The minimum absolute atomic E-state index is 0. The van der Waals surface area contributed by atoms with Crippen LogP contribution in [0.2, 0.25) is 0 Å². The zero-order valence-electron chi connectivity index (χ0n) is 14.2.